The second-order valence-electron chi connectivity index (χ2n) is 7.62. The minimum atomic E-state index is -0.419. The fourth-order valence-electron chi connectivity index (χ4n) is 3.76. The first-order valence-electron chi connectivity index (χ1n) is 10.4. The van der Waals surface area contributed by atoms with Crippen molar-refractivity contribution in [2.24, 2.45) is 0 Å². The van der Waals surface area contributed by atoms with Crippen molar-refractivity contribution in [1.29, 1.82) is 5.26 Å². The van der Waals surface area contributed by atoms with E-state index in [9.17, 15) is 14.9 Å². The molecule has 2 N–H and O–H groups in total. The number of benzene rings is 2. The highest BCUT2D eigenvalue weighted by Gasteiger charge is 2.18. The Morgan fingerprint density at radius 1 is 1.13 bits per heavy atom. The molecule has 1 aliphatic carbocycles. The fraction of sp³-hybridized carbons (Fsp3) is 0.320. The molecule has 3 rings (SSSR count). The first-order valence-corrected chi connectivity index (χ1v) is 10.4. The zero-order chi connectivity index (χ0) is 21.5. The number of hydrogen-bond donors (Lipinski definition) is 2. The number of ketones is 1. The number of rotatable bonds is 7. The van der Waals surface area contributed by atoms with E-state index < -0.39 is 5.91 Å². The van der Waals surface area contributed by atoms with E-state index in [4.69, 9.17) is 0 Å². The van der Waals surface area contributed by atoms with E-state index in [1.165, 1.54) is 37.1 Å². The van der Waals surface area contributed by atoms with Gasteiger partial charge in [0.15, 0.2) is 5.78 Å². The van der Waals surface area contributed by atoms with E-state index >= 15 is 0 Å². The summed E-state index contributed by atoms with van der Waals surface area (Å²) in [5, 5.41) is 15.4. The van der Waals surface area contributed by atoms with Crippen LogP contribution in [0.5, 0.6) is 0 Å². The third kappa shape index (κ3) is 5.15. The third-order valence-electron chi connectivity index (χ3n) is 5.51. The zero-order valence-corrected chi connectivity index (χ0v) is 17.5. The topological polar surface area (TPSA) is 82.0 Å². The average molecular weight is 402 g/mol. The molecule has 0 heterocycles. The normalized spacial score (nSPS) is 14.2. The van der Waals surface area contributed by atoms with Gasteiger partial charge in [-0.05, 0) is 67.9 Å². The van der Waals surface area contributed by atoms with Crippen molar-refractivity contribution < 1.29 is 9.59 Å². The standard InChI is InChI=1S/C25H27N3O2/c1-3-24(21-12-11-18-7-4-5-8-20(18)13-21)28-25(30)22(15-26)16-27-23-10-6-9-19(14-23)17(2)29/h6,9-14,16,24,27H,3-5,7-8H2,1-2H3,(H,28,30)/b22-16-. The molecule has 0 aliphatic heterocycles. The molecule has 0 spiro atoms. The van der Waals surface area contributed by atoms with E-state index in [1.54, 1.807) is 24.3 Å². The molecule has 0 saturated heterocycles. The molecule has 0 radical (unpaired) electrons. The lowest BCUT2D eigenvalue weighted by molar-refractivity contribution is -0.117. The summed E-state index contributed by atoms with van der Waals surface area (Å²) in [5.41, 5.74) is 5.04. The van der Waals surface area contributed by atoms with Crippen molar-refractivity contribution >= 4 is 17.4 Å². The van der Waals surface area contributed by atoms with Crippen molar-refractivity contribution in [2.75, 3.05) is 5.32 Å². The van der Waals surface area contributed by atoms with Gasteiger partial charge < -0.3 is 10.6 Å². The molecular weight excluding hydrogens is 374 g/mol. The summed E-state index contributed by atoms with van der Waals surface area (Å²) < 4.78 is 0. The number of carbonyl (C=O) groups is 2. The van der Waals surface area contributed by atoms with Gasteiger partial charge in [0.25, 0.3) is 5.91 Å². The van der Waals surface area contributed by atoms with Crippen molar-refractivity contribution in [1.82, 2.24) is 5.32 Å². The molecule has 1 aliphatic rings. The Hall–Kier alpha value is -3.39. The Bertz CT molecular complexity index is 1020. The highest BCUT2D eigenvalue weighted by molar-refractivity contribution is 5.98. The number of Topliss-reactive ketones (excluding diaryl/α,β-unsaturated/α-hetero) is 1. The quantitative estimate of drug-likeness (QED) is 0.394. The van der Waals surface area contributed by atoms with Gasteiger partial charge in [0.05, 0.1) is 6.04 Å². The van der Waals surface area contributed by atoms with Gasteiger partial charge in [-0.3, -0.25) is 9.59 Å². The van der Waals surface area contributed by atoms with Crippen molar-refractivity contribution in [3.05, 3.63) is 76.5 Å². The van der Waals surface area contributed by atoms with E-state index in [0.717, 1.165) is 24.8 Å². The van der Waals surface area contributed by atoms with Gasteiger partial charge in [-0.1, -0.05) is 37.3 Å². The average Bonchev–Trinajstić information content (AvgIpc) is 2.77. The summed E-state index contributed by atoms with van der Waals surface area (Å²) in [4.78, 5) is 24.2. The molecule has 5 heteroatoms. The van der Waals surface area contributed by atoms with Crippen LogP contribution in [0.3, 0.4) is 0 Å². The summed E-state index contributed by atoms with van der Waals surface area (Å²) in [6.45, 7) is 3.51. The van der Waals surface area contributed by atoms with Gasteiger partial charge in [-0.15, -0.1) is 0 Å². The minimum Gasteiger partial charge on any atom is -0.360 e. The van der Waals surface area contributed by atoms with Crippen LogP contribution in [0.1, 0.15) is 66.2 Å². The van der Waals surface area contributed by atoms with Crippen LogP contribution >= 0.6 is 0 Å². The van der Waals surface area contributed by atoms with E-state index in [-0.39, 0.29) is 17.4 Å². The predicted molar refractivity (Wildman–Crippen MR) is 118 cm³/mol. The van der Waals surface area contributed by atoms with Gasteiger partial charge in [-0.2, -0.15) is 5.26 Å². The second-order valence-corrected chi connectivity index (χ2v) is 7.62. The molecule has 0 aromatic heterocycles. The predicted octanol–water partition coefficient (Wildman–Crippen LogP) is 4.85. The van der Waals surface area contributed by atoms with Gasteiger partial charge in [0.1, 0.15) is 11.6 Å². The van der Waals surface area contributed by atoms with Gasteiger partial charge >= 0.3 is 0 Å². The van der Waals surface area contributed by atoms with E-state index in [2.05, 4.69) is 28.8 Å². The van der Waals surface area contributed by atoms with Gasteiger partial charge in [0.2, 0.25) is 0 Å². The number of nitrogens with one attached hydrogen (secondary N) is 2. The number of aryl methyl sites for hydroxylation is 2. The highest BCUT2D eigenvalue weighted by atomic mass is 16.1. The van der Waals surface area contributed by atoms with Gasteiger partial charge in [-0.25, -0.2) is 0 Å². The Morgan fingerprint density at radius 3 is 2.60 bits per heavy atom. The smallest absolute Gasteiger partial charge is 0.263 e. The van der Waals surface area contributed by atoms with Crippen LogP contribution in [0, 0.1) is 11.3 Å². The van der Waals surface area contributed by atoms with Crippen LogP contribution in [0.2, 0.25) is 0 Å². The molecule has 0 saturated carbocycles. The Kier molecular flexibility index (Phi) is 7.03. The molecular formula is C25H27N3O2. The van der Waals surface area contributed by atoms with E-state index in [0.29, 0.717) is 11.3 Å². The number of fused-ring (bicyclic) bond motifs is 1. The fourth-order valence-corrected chi connectivity index (χ4v) is 3.76. The summed E-state index contributed by atoms with van der Waals surface area (Å²) in [5.74, 6) is -0.464. The number of amides is 1. The monoisotopic (exact) mass is 401 g/mol. The highest BCUT2D eigenvalue weighted by Crippen LogP contribution is 2.26. The maximum Gasteiger partial charge on any atom is 0.263 e. The first-order chi connectivity index (χ1) is 14.5. The Morgan fingerprint density at radius 2 is 1.90 bits per heavy atom. The summed E-state index contributed by atoms with van der Waals surface area (Å²) in [6.07, 6.45) is 6.76. The first kappa shape index (κ1) is 21.3. The number of anilines is 1. The van der Waals surface area contributed by atoms with Gasteiger partial charge in [0, 0.05) is 17.5 Å². The van der Waals surface area contributed by atoms with Crippen molar-refractivity contribution in [2.45, 2.75) is 52.0 Å². The molecule has 1 atom stereocenters. The third-order valence-corrected chi connectivity index (χ3v) is 5.51. The largest absolute Gasteiger partial charge is 0.360 e. The molecule has 2 aromatic carbocycles. The van der Waals surface area contributed by atoms with Crippen LogP contribution in [0.25, 0.3) is 0 Å². The number of nitriles is 1. The van der Waals surface area contributed by atoms with Crippen LogP contribution in [-0.2, 0) is 17.6 Å². The summed E-state index contributed by atoms with van der Waals surface area (Å²) >= 11 is 0. The lowest BCUT2D eigenvalue weighted by atomic mass is 9.88. The molecule has 154 valence electrons. The lowest BCUT2D eigenvalue weighted by Crippen LogP contribution is -2.29. The van der Waals surface area contributed by atoms with Crippen LogP contribution in [0.4, 0.5) is 5.69 Å². The molecule has 0 fully saturated rings. The van der Waals surface area contributed by atoms with Crippen LogP contribution in [0.15, 0.2) is 54.2 Å². The number of carbonyl (C=O) groups excluding carboxylic acids is 2. The maximum atomic E-state index is 12.7. The van der Waals surface area contributed by atoms with E-state index in [1.807, 2.05) is 13.0 Å². The maximum absolute atomic E-state index is 12.7. The summed E-state index contributed by atoms with van der Waals surface area (Å²) in [7, 11) is 0. The molecule has 2 aromatic rings. The number of hydrogen-bond acceptors (Lipinski definition) is 4. The summed E-state index contributed by atoms with van der Waals surface area (Å²) in [6, 6.07) is 15.2. The molecule has 1 amide bonds. The Balaban J connectivity index is 1.72. The Labute approximate surface area is 177 Å². The lowest BCUT2D eigenvalue weighted by Gasteiger charge is -2.21. The second kappa shape index (κ2) is 9.89. The SMILES string of the molecule is CCC(NC(=O)/C(C#N)=C\Nc1cccc(C(C)=O)c1)c1ccc2c(c1)CCCC2. The molecule has 30 heavy (non-hydrogen) atoms. The zero-order valence-electron chi connectivity index (χ0n) is 17.5. The number of nitrogens with zero attached hydrogens (tertiary/aromatic N) is 1. The van der Waals surface area contributed by atoms with Crippen molar-refractivity contribution in [3.63, 3.8) is 0 Å². The minimum absolute atomic E-state index is 0.0142. The van der Waals surface area contributed by atoms with Crippen LogP contribution in [-0.4, -0.2) is 11.7 Å². The molecule has 5 nitrogen and oxygen atoms in total. The van der Waals surface area contributed by atoms with Crippen molar-refractivity contribution in [3.8, 4) is 6.07 Å². The molecule has 1 unspecified atom stereocenters. The van der Waals surface area contributed by atoms with Crippen LogP contribution < -0.4 is 10.6 Å². The molecule has 0 bridgehead atoms.